The van der Waals surface area contributed by atoms with Crippen molar-refractivity contribution in [1.82, 2.24) is 0 Å². The summed E-state index contributed by atoms with van der Waals surface area (Å²) in [6.07, 6.45) is 16.7. The van der Waals surface area contributed by atoms with Crippen molar-refractivity contribution < 1.29 is 4.79 Å². The standard InChI is InChI=1S/C22H40O/c1-4-6-7-9-22(23)20-13-11-19(12-14-20)21-15-10-18(8-5-2)16-17(21)3/h17-21H,4-16H2,1-3H3/t17?,18?,19-,20-,21?. The Bertz CT molecular complexity index is 340. The molecule has 0 aromatic rings. The molecule has 0 aromatic carbocycles. The van der Waals surface area contributed by atoms with E-state index in [1.54, 1.807) is 0 Å². The molecule has 0 bridgehead atoms. The molecule has 23 heavy (non-hydrogen) atoms. The zero-order valence-corrected chi connectivity index (χ0v) is 16.0. The van der Waals surface area contributed by atoms with E-state index in [1.165, 1.54) is 70.6 Å². The van der Waals surface area contributed by atoms with Crippen LogP contribution in [-0.4, -0.2) is 5.78 Å². The van der Waals surface area contributed by atoms with Gasteiger partial charge in [0.15, 0.2) is 0 Å². The third kappa shape index (κ3) is 5.61. The van der Waals surface area contributed by atoms with Crippen LogP contribution in [0.15, 0.2) is 0 Å². The van der Waals surface area contributed by atoms with Crippen LogP contribution in [-0.2, 0) is 4.79 Å². The Kier molecular flexibility index (Phi) is 8.13. The van der Waals surface area contributed by atoms with Gasteiger partial charge in [-0.1, -0.05) is 52.9 Å². The molecule has 3 atom stereocenters. The van der Waals surface area contributed by atoms with E-state index in [-0.39, 0.29) is 0 Å². The Morgan fingerprint density at radius 1 is 0.913 bits per heavy atom. The van der Waals surface area contributed by atoms with Crippen LogP contribution < -0.4 is 0 Å². The van der Waals surface area contributed by atoms with Crippen LogP contribution in [0.1, 0.15) is 104 Å². The SMILES string of the molecule is CCCCCC(=O)[C@H]1CC[C@H](C2CCC(CCC)CC2C)CC1. The monoisotopic (exact) mass is 320 g/mol. The molecule has 0 heterocycles. The van der Waals surface area contributed by atoms with Crippen LogP contribution >= 0.6 is 0 Å². The fourth-order valence-electron chi connectivity index (χ4n) is 5.52. The lowest BCUT2D eigenvalue weighted by Crippen LogP contribution is -2.32. The van der Waals surface area contributed by atoms with E-state index in [1.807, 2.05) is 0 Å². The maximum atomic E-state index is 12.3. The van der Waals surface area contributed by atoms with Gasteiger partial charge in [0.1, 0.15) is 5.78 Å². The Balaban J connectivity index is 1.73. The molecule has 0 spiro atoms. The van der Waals surface area contributed by atoms with E-state index >= 15 is 0 Å². The zero-order chi connectivity index (χ0) is 16.7. The minimum absolute atomic E-state index is 0.412. The van der Waals surface area contributed by atoms with Crippen molar-refractivity contribution in [1.29, 1.82) is 0 Å². The third-order valence-electron chi connectivity index (χ3n) is 6.90. The summed E-state index contributed by atoms with van der Waals surface area (Å²) in [6, 6.07) is 0. The van der Waals surface area contributed by atoms with Crippen molar-refractivity contribution >= 4 is 5.78 Å². The van der Waals surface area contributed by atoms with E-state index in [0.29, 0.717) is 11.7 Å². The first kappa shape index (κ1) is 19.0. The van der Waals surface area contributed by atoms with Gasteiger partial charge in [0.25, 0.3) is 0 Å². The van der Waals surface area contributed by atoms with Gasteiger partial charge < -0.3 is 0 Å². The predicted molar refractivity (Wildman–Crippen MR) is 99.5 cm³/mol. The van der Waals surface area contributed by atoms with E-state index in [9.17, 15) is 4.79 Å². The summed E-state index contributed by atoms with van der Waals surface area (Å²) in [5.74, 6) is 4.79. The Morgan fingerprint density at radius 3 is 2.26 bits per heavy atom. The quantitative estimate of drug-likeness (QED) is 0.450. The van der Waals surface area contributed by atoms with Crippen molar-refractivity contribution in [2.24, 2.45) is 29.6 Å². The maximum absolute atomic E-state index is 12.3. The van der Waals surface area contributed by atoms with Crippen molar-refractivity contribution in [2.75, 3.05) is 0 Å². The number of carbonyl (C=O) groups excluding carboxylic acids is 1. The van der Waals surface area contributed by atoms with E-state index in [0.717, 1.165) is 36.5 Å². The molecule has 3 unspecified atom stereocenters. The summed E-state index contributed by atoms with van der Waals surface area (Å²) >= 11 is 0. The molecule has 0 aromatic heterocycles. The van der Waals surface area contributed by atoms with Gasteiger partial charge in [-0.05, 0) is 68.6 Å². The molecule has 2 rings (SSSR count). The zero-order valence-electron chi connectivity index (χ0n) is 16.0. The van der Waals surface area contributed by atoms with Crippen molar-refractivity contribution in [2.45, 2.75) is 104 Å². The lowest BCUT2D eigenvalue weighted by Gasteiger charge is -2.41. The van der Waals surface area contributed by atoms with E-state index in [2.05, 4.69) is 20.8 Å². The van der Waals surface area contributed by atoms with Gasteiger partial charge in [-0.3, -0.25) is 4.79 Å². The summed E-state index contributed by atoms with van der Waals surface area (Å²) < 4.78 is 0. The third-order valence-corrected chi connectivity index (χ3v) is 6.90. The van der Waals surface area contributed by atoms with Crippen LogP contribution in [0, 0.1) is 29.6 Å². The average molecular weight is 321 g/mol. The lowest BCUT2D eigenvalue weighted by atomic mass is 9.64. The summed E-state index contributed by atoms with van der Waals surface area (Å²) in [5, 5.41) is 0. The Labute approximate surface area is 145 Å². The highest BCUT2D eigenvalue weighted by Crippen LogP contribution is 2.45. The van der Waals surface area contributed by atoms with Crippen LogP contribution in [0.4, 0.5) is 0 Å². The molecule has 1 nitrogen and oxygen atoms in total. The fourth-order valence-corrected chi connectivity index (χ4v) is 5.52. The normalized spacial score (nSPS) is 35.2. The van der Waals surface area contributed by atoms with Gasteiger partial charge in [0.05, 0.1) is 0 Å². The largest absolute Gasteiger partial charge is 0.299 e. The molecule has 2 aliphatic carbocycles. The molecule has 1 heteroatoms. The molecule has 2 fully saturated rings. The number of hydrogen-bond donors (Lipinski definition) is 0. The number of carbonyl (C=O) groups is 1. The highest BCUT2D eigenvalue weighted by atomic mass is 16.1. The molecule has 0 saturated heterocycles. The second-order valence-electron chi connectivity index (χ2n) is 8.64. The lowest BCUT2D eigenvalue weighted by molar-refractivity contribution is -0.124. The second-order valence-corrected chi connectivity index (χ2v) is 8.64. The van der Waals surface area contributed by atoms with Gasteiger partial charge in [0.2, 0.25) is 0 Å². The molecule has 2 aliphatic rings. The highest BCUT2D eigenvalue weighted by molar-refractivity contribution is 5.81. The number of unbranched alkanes of at least 4 members (excludes halogenated alkanes) is 2. The van der Waals surface area contributed by atoms with Crippen molar-refractivity contribution in [3.05, 3.63) is 0 Å². The van der Waals surface area contributed by atoms with Crippen molar-refractivity contribution in [3.63, 3.8) is 0 Å². The number of hydrogen-bond acceptors (Lipinski definition) is 1. The van der Waals surface area contributed by atoms with Gasteiger partial charge in [-0.2, -0.15) is 0 Å². The van der Waals surface area contributed by atoms with Gasteiger partial charge in [-0.15, -0.1) is 0 Å². The first-order valence-corrected chi connectivity index (χ1v) is 10.7. The highest BCUT2D eigenvalue weighted by Gasteiger charge is 2.35. The molecule has 0 aliphatic heterocycles. The topological polar surface area (TPSA) is 17.1 Å². The minimum atomic E-state index is 0.412. The maximum Gasteiger partial charge on any atom is 0.135 e. The van der Waals surface area contributed by atoms with Crippen LogP contribution in [0.2, 0.25) is 0 Å². The summed E-state index contributed by atoms with van der Waals surface area (Å²) in [6.45, 7) is 7.05. The number of Topliss-reactive ketones (excluding diaryl/α,β-unsaturated/α-hetero) is 1. The molecule has 134 valence electrons. The van der Waals surface area contributed by atoms with E-state index < -0.39 is 0 Å². The minimum Gasteiger partial charge on any atom is -0.299 e. The van der Waals surface area contributed by atoms with Crippen molar-refractivity contribution in [3.8, 4) is 0 Å². The molecular formula is C22H40O. The van der Waals surface area contributed by atoms with Gasteiger partial charge >= 0.3 is 0 Å². The summed E-state index contributed by atoms with van der Waals surface area (Å²) in [5.41, 5.74) is 0. The van der Waals surface area contributed by atoms with E-state index in [4.69, 9.17) is 0 Å². The molecular weight excluding hydrogens is 280 g/mol. The summed E-state index contributed by atoms with van der Waals surface area (Å²) in [7, 11) is 0. The second kappa shape index (κ2) is 9.84. The molecule has 2 saturated carbocycles. The molecule has 0 radical (unpaired) electrons. The average Bonchev–Trinajstić information content (AvgIpc) is 2.56. The fraction of sp³-hybridized carbons (Fsp3) is 0.955. The Morgan fingerprint density at radius 2 is 1.65 bits per heavy atom. The molecule has 0 N–H and O–H groups in total. The van der Waals surface area contributed by atoms with Gasteiger partial charge in [0, 0.05) is 12.3 Å². The van der Waals surface area contributed by atoms with Crippen LogP contribution in [0.3, 0.4) is 0 Å². The predicted octanol–water partition coefficient (Wildman–Crippen LogP) is 6.79. The smallest absolute Gasteiger partial charge is 0.135 e. The molecule has 0 amide bonds. The first-order valence-electron chi connectivity index (χ1n) is 10.7. The number of ketones is 1. The first-order chi connectivity index (χ1) is 11.2. The summed E-state index contributed by atoms with van der Waals surface area (Å²) in [4.78, 5) is 12.3. The van der Waals surface area contributed by atoms with Crippen LogP contribution in [0.5, 0.6) is 0 Å². The number of rotatable bonds is 8. The van der Waals surface area contributed by atoms with Crippen LogP contribution in [0.25, 0.3) is 0 Å². The van der Waals surface area contributed by atoms with Gasteiger partial charge in [-0.25, -0.2) is 0 Å². The Hall–Kier alpha value is -0.330.